The van der Waals surface area contributed by atoms with Crippen LogP contribution in [-0.2, 0) is 9.59 Å². The van der Waals surface area contributed by atoms with Crippen molar-refractivity contribution in [3.8, 4) is 17.2 Å². The highest BCUT2D eigenvalue weighted by Gasteiger charge is 2.26. The molecule has 170 valence electrons. The van der Waals surface area contributed by atoms with Crippen LogP contribution in [0.1, 0.15) is 0 Å². The Labute approximate surface area is 200 Å². The Morgan fingerprint density at radius 3 is 2.24 bits per heavy atom. The van der Waals surface area contributed by atoms with Gasteiger partial charge in [-0.2, -0.15) is 0 Å². The summed E-state index contributed by atoms with van der Waals surface area (Å²) in [6.07, 6.45) is 0. The summed E-state index contributed by atoms with van der Waals surface area (Å²) in [5.74, 6) is 1.20. The van der Waals surface area contributed by atoms with Crippen molar-refractivity contribution in [1.29, 1.82) is 0 Å². The minimum Gasteiger partial charge on any atom is -0.492 e. The Kier molecular flexibility index (Phi) is 7.22. The number of rotatable bonds is 8. The van der Waals surface area contributed by atoms with Crippen LogP contribution in [0.5, 0.6) is 17.2 Å². The molecule has 2 amide bonds. The molecule has 1 heterocycles. The van der Waals surface area contributed by atoms with Crippen molar-refractivity contribution in [3.63, 3.8) is 0 Å². The third kappa shape index (κ3) is 6.09. The first-order valence-corrected chi connectivity index (χ1v) is 10.9. The van der Waals surface area contributed by atoms with Crippen LogP contribution >= 0.6 is 23.2 Å². The van der Waals surface area contributed by atoms with Crippen LogP contribution in [0.3, 0.4) is 0 Å². The number of fused-ring (bicyclic) bond motifs is 1. The molecule has 0 atom stereocenters. The van der Waals surface area contributed by atoms with Gasteiger partial charge in [-0.1, -0.05) is 23.2 Å². The standard InChI is InChI=1S/C24H20Cl2N2O5/c25-16-1-6-19(7-2-16)31-12-11-28-21-13-18(5-10-22(21)33-15-24(28)30)27-23(29)14-32-20-8-3-17(26)4-9-20/h1-10,13H,11-12,14-15H2,(H,27,29). The molecule has 0 unspecified atom stereocenters. The smallest absolute Gasteiger partial charge is 0.265 e. The van der Waals surface area contributed by atoms with Gasteiger partial charge in [-0.15, -0.1) is 0 Å². The third-order valence-electron chi connectivity index (χ3n) is 4.77. The van der Waals surface area contributed by atoms with Gasteiger partial charge in [-0.3, -0.25) is 9.59 Å². The van der Waals surface area contributed by atoms with E-state index in [1.165, 1.54) is 0 Å². The molecular formula is C24H20Cl2N2O5. The molecule has 1 aliphatic heterocycles. The maximum Gasteiger partial charge on any atom is 0.265 e. The highest BCUT2D eigenvalue weighted by molar-refractivity contribution is 6.30. The lowest BCUT2D eigenvalue weighted by Gasteiger charge is -2.29. The van der Waals surface area contributed by atoms with Crippen molar-refractivity contribution < 1.29 is 23.8 Å². The summed E-state index contributed by atoms with van der Waals surface area (Å²) < 4.78 is 16.7. The van der Waals surface area contributed by atoms with E-state index < -0.39 is 0 Å². The first kappa shape index (κ1) is 22.8. The number of hydrogen-bond acceptors (Lipinski definition) is 5. The first-order valence-electron chi connectivity index (χ1n) is 10.1. The van der Waals surface area contributed by atoms with Crippen LogP contribution in [0.25, 0.3) is 0 Å². The summed E-state index contributed by atoms with van der Waals surface area (Å²) in [6.45, 7) is 0.356. The van der Waals surface area contributed by atoms with Crippen LogP contribution < -0.4 is 24.4 Å². The number of nitrogens with zero attached hydrogens (tertiary/aromatic N) is 1. The van der Waals surface area contributed by atoms with Crippen molar-refractivity contribution >= 4 is 46.4 Å². The lowest BCUT2D eigenvalue weighted by Crippen LogP contribution is -2.41. The van der Waals surface area contributed by atoms with E-state index >= 15 is 0 Å². The molecule has 9 heteroatoms. The number of carbonyl (C=O) groups excluding carboxylic acids is 2. The zero-order chi connectivity index (χ0) is 23.2. The van der Waals surface area contributed by atoms with Crippen LogP contribution in [0.2, 0.25) is 10.0 Å². The van der Waals surface area contributed by atoms with E-state index in [0.29, 0.717) is 45.2 Å². The monoisotopic (exact) mass is 486 g/mol. The number of hydrogen-bond donors (Lipinski definition) is 1. The lowest BCUT2D eigenvalue weighted by atomic mass is 10.2. The van der Waals surface area contributed by atoms with E-state index in [2.05, 4.69) is 5.32 Å². The summed E-state index contributed by atoms with van der Waals surface area (Å²) in [7, 11) is 0. The molecule has 3 aromatic rings. The molecule has 0 aliphatic carbocycles. The van der Waals surface area contributed by atoms with Crippen molar-refractivity contribution in [1.82, 2.24) is 0 Å². The number of nitrogens with one attached hydrogen (secondary N) is 1. The molecule has 0 spiro atoms. The fourth-order valence-electron chi connectivity index (χ4n) is 3.19. The topological polar surface area (TPSA) is 77.1 Å². The number of carbonyl (C=O) groups is 2. The Hall–Kier alpha value is -3.42. The molecule has 1 aliphatic rings. The van der Waals surface area contributed by atoms with Gasteiger partial charge in [-0.05, 0) is 66.7 Å². The molecule has 4 rings (SSSR count). The van der Waals surface area contributed by atoms with E-state index in [4.69, 9.17) is 37.4 Å². The quantitative estimate of drug-likeness (QED) is 0.494. The SMILES string of the molecule is O=C(COc1ccc(Cl)cc1)Nc1ccc2c(c1)N(CCOc1ccc(Cl)cc1)C(=O)CO2. The van der Waals surface area contributed by atoms with E-state index in [1.807, 2.05) is 0 Å². The molecule has 7 nitrogen and oxygen atoms in total. The molecule has 33 heavy (non-hydrogen) atoms. The maximum atomic E-state index is 12.5. The molecule has 3 aromatic carbocycles. The fourth-order valence-corrected chi connectivity index (χ4v) is 3.44. The summed E-state index contributed by atoms with van der Waals surface area (Å²) in [5, 5.41) is 3.97. The average Bonchev–Trinajstić information content (AvgIpc) is 2.81. The highest BCUT2D eigenvalue weighted by atomic mass is 35.5. The zero-order valence-corrected chi connectivity index (χ0v) is 18.9. The molecule has 0 radical (unpaired) electrons. The number of benzene rings is 3. The largest absolute Gasteiger partial charge is 0.492 e. The van der Waals surface area contributed by atoms with Gasteiger partial charge in [-0.25, -0.2) is 0 Å². The summed E-state index contributed by atoms with van der Waals surface area (Å²) in [5.41, 5.74) is 1.07. The first-order chi connectivity index (χ1) is 16.0. The van der Waals surface area contributed by atoms with Gasteiger partial charge in [0.05, 0.1) is 12.2 Å². The van der Waals surface area contributed by atoms with Gasteiger partial charge in [0.25, 0.3) is 11.8 Å². The van der Waals surface area contributed by atoms with Gasteiger partial charge in [0.2, 0.25) is 0 Å². The molecule has 0 saturated carbocycles. The van der Waals surface area contributed by atoms with Crippen LogP contribution in [-0.4, -0.2) is 38.2 Å². The Morgan fingerprint density at radius 2 is 1.58 bits per heavy atom. The molecule has 0 bridgehead atoms. The summed E-state index contributed by atoms with van der Waals surface area (Å²) >= 11 is 11.7. The van der Waals surface area contributed by atoms with Crippen molar-refractivity contribution in [2.45, 2.75) is 0 Å². The van der Waals surface area contributed by atoms with Crippen LogP contribution in [0.4, 0.5) is 11.4 Å². The van der Waals surface area contributed by atoms with E-state index in [0.717, 1.165) is 0 Å². The predicted molar refractivity (Wildman–Crippen MR) is 127 cm³/mol. The third-order valence-corrected chi connectivity index (χ3v) is 5.27. The maximum absolute atomic E-state index is 12.5. The van der Waals surface area contributed by atoms with Crippen molar-refractivity contribution in [2.75, 3.05) is 36.6 Å². The number of ether oxygens (including phenoxy) is 3. The summed E-state index contributed by atoms with van der Waals surface area (Å²) in [4.78, 5) is 26.4. The molecule has 1 N–H and O–H groups in total. The second kappa shape index (κ2) is 10.5. The Morgan fingerprint density at radius 1 is 0.939 bits per heavy atom. The van der Waals surface area contributed by atoms with Gasteiger partial charge < -0.3 is 24.4 Å². The molecule has 0 aromatic heterocycles. The zero-order valence-electron chi connectivity index (χ0n) is 17.4. The van der Waals surface area contributed by atoms with E-state index in [1.54, 1.807) is 71.6 Å². The lowest BCUT2D eigenvalue weighted by molar-refractivity contribution is -0.121. The molecular weight excluding hydrogens is 467 g/mol. The van der Waals surface area contributed by atoms with Crippen molar-refractivity contribution in [3.05, 3.63) is 76.8 Å². The van der Waals surface area contributed by atoms with Crippen LogP contribution in [0, 0.1) is 0 Å². The van der Waals surface area contributed by atoms with E-state index in [9.17, 15) is 9.59 Å². The van der Waals surface area contributed by atoms with Gasteiger partial charge in [0, 0.05) is 15.7 Å². The Bertz CT molecular complexity index is 1140. The van der Waals surface area contributed by atoms with Crippen LogP contribution in [0.15, 0.2) is 66.7 Å². The highest BCUT2D eigenvalue weighted by Crippen LogP contribution is 2.34. The number of anilines is 2. The second-order valence-corrected chi connectivity index (χ2v) is 7.98. The molecule has 0 fully saturated rings. The van der Waals surface area contributed by atoms with Gasteiger partial charge in [0.15, 0.2) is 13.2 Å². The fraction of sp³-hybridized carbons (Fsp3) is 0.167. The van der Waals surface area contributed by atoms with Gasteiger partial charge >= 0.3 is 0 Å². The Balaban J connectivity index is 1.37. The van der Waals surface area contributed by atoms with Crippen molar-refractivity contribution in [2.24, 2.45) is 0 Å². The number of amides is 2. The summed E-state index contributed by atoms with van der Waals surface area (Å²) in [6, 6.07) is 18.8. The van der Waals surface area contributed by atoms with E-state index in [-0.39, 0.29) is 31.6 Å². The number of halogens is 2. The van der Waals surface area contributed by atoms with Gasteiger partial charge in [0.1, 0.15) is 23.9 Å². The normalized spacial score (nSPS) is 12.5. The predicted octanol–water partition coefficient (Wildman–Crippen LogP) is 4.82. The molecule has 0 saturated heterocycles. The average molecular weight is 487 g/mol. The second-order valence-electron chi connectivity index (χ2n) is 7.11. The minimum atomic E-state index is -0.342. The minimum absolute atomic E-state index is 0.0609.